The predicted molar refractivity (Wildman–Crippen MR) is 87.5 cm³/mol. The van der Waals surface area contributed by atoms with Crippen molar-refractivity contribution in [1.29, 1.82) is 0 Å². The van der Waals surface area contributed by atoms with Gasteiger partial charge in [0.05, 0.1) is 11.3 Å². The lowest BCUT2D eigenvalue weighted by molar-refractivity contribution is 0.0697. The topological polar surface area (TPSA) is 58.0 Å². The molecule has 0 saturated heterocycles. The van der Waals surface area contributed by atoms with Crippen LogP contribution in [-0.4, -0.2) is 20.6 Å². The normalized spacial score (nSPS) is 10.7. The van der Waals surface area contributed by atoms with Gasteiger partial charge in [0.1, 0.15) is 5.82 Å². The van der Waals surface area contributed by atoms with Crippen molar-refractivity contribution in [3.8, 4) is 11.3 Å². The van der Waals surface area contributed by atoms with Crippen LogP contribution >= 0.6 is 12.2 Å². The highest BCUT2D eigenvalue weighted by Gasteiger charge is 2.06. The van der Waals surface area contributed by atoms with Gasteiger partial charge in [0.15, 0.2) is 4.77 Å². The first kappa shape index (κ1) is 15.2. The zero-order valence-electron chi connectivity index (χ0n) is 12.0. The van der Waals surface area contributed by atoms with E-state index in [1.807, 2.05) is 10.8 Å². The molecule has 0 unspecified atom stereocenters. The Balaban J connectivity index is 1.87. The summed E-state index contributed by atoms with van der Waals surface area (Å²) in [6.07, 6.45) is 1.86. The van der Waals surface area contributed by atoms with Crippen molar-refractivity contribution in [2.45, 2.75) is 6.54 Å². The second-order valence-electron chi connectivity index (χ2n) is 5.11. The first-order valence-corrected chi connectivity index (χ1v) is 7.31. The molecule has 0 amide bonds. The average Bonchev–Trinajstić information content (AvgIpc) is 2.91. The zero-order valence-corrected chi connectivity index (χ0v) is 12.8. The number of rotatable bonds is 4. The van der Waals surface area contributed by atoms with Crippen molar-refractivity contribution >= 4 is 18.2 Å². The van der Waals surface area contributed by atoms with E-state index in [0.29, 0.717) is 11.3 Å². The molecule has 0 bridgehead atoms. The summed E-state index contributed by atoms with van der Waals surface area (Å²) in [4.78, 5) is 14.0. The third kappa shape index (κ3) is 3.37. The number of carboxylic acid groups (broad SMARTS) is 1. The highest BCUT2D eigenvalue weighted by atomic mass is 32.1. The lowest BCUT2D eigenvalue weighted by atomic mass is 10.1. The number of carboxylic acids is 1. The summed E-state index contributed by atoms with van der Waals surface area (Å²) in [5.74, 6) is -1.23. The van der Waals surface area contributed by atoms with Crippen LogP contribution in [0.25, 0.3) is 11.3 Å². The molecule has 0 aliphatic rings. The lowest BCUT2D eigenvalue weighted by Gasteiger charge is -2.02. The Labute approximate surface area is 136 Å². The van der Waals surface area contributed by atoms with Gasteiger partial charge in [-0.15, -0.1) is 0 Å². The van der Waals surface area contributed by atoms with Crippen LogP contribution in [0, 0.1) is 10.6 Å². The van der Waals surface area contributed by atoms with E-state index >= 15 is 0 Å². The maximum absolute atomic E-state index is 12.9. The van der Waals surface area contributed by atoms with Crippen LogP contribution in [0.1, 0.15) is 15.9 Å². The second kappa shape index (κ2) is 6.18. The van der Waals surface area contributed by atoms with Gasteiger partial charge in [0, 0.05) is 12.7 Å². The molecule has 0 aliphatic heterocycles. The van der Waals surface area contributed by atoms with Gasteiger partial charge in [-0.2, -0.15) is 0 Å². The van der Waals surface area contributed by atoms with Gasteiger partial charge in [-0.3, -0.25) is 0 Å². The van der Waals surface area contributed by atoms with E-state index in [4.69, 9.17) is 17.3 Å². The van der Waals surface area contributed by atoms with E-state index in [2.05, 4.69) is 4.98 Å². The van der Waals surface area contributed by atoms with Gasteiger partial charge >= 0.3 is 5.97 Å². The molecule has 2 N–H and O–H groups in total. The first-order chi connectivity index (χ1) is 11.0. The summed E-state index contributed by atoms with van der Waals surface area (Å²) in [5.41, 5.74) is 2.82. The number of aromatic amines is 1. The van der Waals surface area contributed by atoms with Crippen LogP contribution < -0.4 is 0 Å². The minimum Gasteiger partial charge on any atom is -0.478 e. The molecule has 1 aromatic heterocycles. The summed E-state index contributed by atoms with van der Waals surface area (Å²) in [7, 11) is 0. The van der Waals surface area contributed by atoms with E-state index < -0.39 is 5.97 Å². The fourth-order valence-corrected chi connectivity index (χ4v) is 2.50. The first-order valence-electron chi connectivity index (χ1n) is 6.90. The monoisotopic (exact) mass is 328 g/mol. The molecule has 0 aliphatic carbocycles. The number of aromatic carboxylic acids is 1. The van der Waals surface area contributed by atoms with E-state index in [0.717, 1.165) is 16.8 Å². The molecule has 0 fully saturated rings. The minimum atomic E-state index is -0.960. The van der Waals surface area contributed by atoms with Gasteiger partial charge in [-0.1, -0.05) is 24.3 Å². The fourth-order valence-electron chi connectivity index (χ4n) is 2.28. The smallest absolute Gasteiger partial charge is 0.335 e. The molecule has 23 heavy (non-hydrogen) atoms. The van der Waals surface area contributed by atoms with Gasteiger partial charge in [-0.05, 0) is 47.6 Å². The standard InChI is InChI=1S/C17H13FN2O2S/c18-14-7-1-11(2-8-14)9-20-10-15(19-17(20)23)12-3-5-13(6-4-12)16(21)22/h1-8,10H,9H2,(H,19,23)(H,21,22). The van der Waals surface area contributed by atoms with E-state index in [1.54, 1.807) is 36.4 Å². The minimum absolute atomic E-state index is 0.234. The number of halogens is 1. The van der Waals surface area contributed by atoms with Crippen LogP contribution in [0.3, 0.4) is 0 Å². The molecule has 0 spiro atoms. The Kier molecular flexibility index (Phi) is 4.08. The second-order valence-corrected chi connectivity index (χ2v) is 5.50. The molecular formula is C17H13FN2O2S. The predicted octanol–water partition coefficient (Wildman–Crippen LogP) is 4.10. The van der Waals surface area contributed by atoms with Crippen molar-refractivity contribution in [3.05, 3.63) is 76.4 Å². The van der Waals surface area contributed by atoms with Crippen LogP contribution in [-0.2, 0) is 6.54 Å². The van der Waals surface area contributed by atoms with Crippen molar-refractivity contribution in [3.63, 3.8) is 0 Å². The van der Waals surface area contributed by atoms with Gasteiger partial charge in [-0.25, -0.2) is 9.18 Å². The molecule has 1 heterocycles. The molecule has 0 atom stereocenters. The number of nitrogens with zero attached hydrogens (tertiary/aromatic N) is 1. The Morgan fingerprint density at radius 2 is 1.78 bits per heavy atom. The van der Waals surface area contributed by atoms with Crippen molar-refractivity contribution in [2.75, 3.05) is 0 Å². The van der Waals surface area contributed by atoms with Gasteiger partial charge in [0.25, 0.3) is 0 Å². The number of hydrogen-bond acceptors (Lipinski definition) is 2. The third-order valence-electron chi connectivity index (χ3n) is 3.50. The summed E-state index contributed by atoms with van der Waals surface area (Å²) < 4.78 is 15.3. The quantitative estimate of drug-likeness (QED) is 0.709. The molecule has 3 rings (SSSR count). The maximum Gasteiger partial charge on any atom is 0.335 e. The lowest BCUT2D eigenvalue weighted by Crippen LogP contribution is -1.98. The Morgan fingerprint density at radius 3 is 2.39 bits per heavy atom. The molecule has 3 aromatic rings. The number of nitrogens with one attached hydrogen (secondary N) is 1. The largest absolute Gasteiger partial charge is 0.478 e. The van der Waals surface area contributed by atoms with E-state index in [-0.39, 0.29) is 11.4 Å². The number of H-pyrrole nitrogens is 1. The summed E-state index contributed by atoms with van der Waals surface area (Å²) in [5, 5.41) is 8.92. The number of hydrogen-bond donors (Lipinski definition) is 2. The third-order valence-corrected chi connectivity index (χ3v) is 3.83. The summed E-state index contributed by atoms with van der Waals surface area (Å²) >= 11 is 5.30. The molecule has 6 heteroatoms. The molecule has 116 valence electrons. The summed E-state index contributed by atoms with van der Waals surface area (Å²) in [6.45, 7) is 0.531. The molecule has 4 nitrogen and oxygen atoms in total. The van der Waals surface area contributed by atoms with Gasteiger partial charge < -0.3 is 14.7 Å². The van der Waals surface area contributed by atoms with Crippen LogP contribution in [0.2, 0.25) is 0 Å². The van der Waals surface area contributed by atoms with Gasteiger partial charge in [0.2, 0.25) is 0 Å². The van der Waals surface area contributed by atoms with Crippen molar-refractivity contribution < 1.29 is 14.3 Å². The molecular weight excluding hydrogens is 315 g/mol. The number of imidazole rings is 1. The Morgan fingerprint density at radius 1 is 1.13 bits per heavy atom. The zero-order chi connectivity index (χ0) is 16.4. The Bertz CT molecular complexity index is 896. The van der Waals surface area contributed by atoms with Crippen LogP contribution in [0.15, 0.2) is 54.7 Å². The molecule has 2 aromatic carbocycles. The van der Waals surface area contributed by atoms with Crippen molar-refractivity contribution in [2.24, 2.45) is 0 Å². The SMILES string of the molecule is O=C(O)c1ccc(-c2cn(Cc3ccc(F)cc3)c(=S)[nH]2)cc1. The molecule has 0 radical (unpaired) electrons. The van der Waals surface area contributed by atoms with Crippen LogP contribution in [0.4, 0.5) is 4.39 Å². The number of benzene rings is 2. The highest BCUT2D eigenvalue weighted by molar-refractivity contribution is 7.71. The highest BCUT2D eigenvalue weighted by Crippen LogP contribution is 2.19. The molecule has 0 saturated carbocycles. The Hall–Kier alpha value is -2.73. The van der Waals surface area contributed by atoms with Crippen LogP contribution in [0.5, 0.6) is 0 Å². The maximum atomic E-state index is 12.9. The summed E-state index contributed by atoms with van der Waals surface area (Å²) in [6, 6.07) is 12.8. The van der Waals surface area contributed by atoms with E-state index in [9.17, 15) is 9.18 Å². The number of carbonyl (C=O) groups is 1. The number of aromatic nitrogens is 2. The van der Waals surface area contributed by atoms with E-state index in [1.165, 1.54) is 12.1 Å². The average molecular weight is 328 g/mol. The van der Waals surface area contributed by atoms with Crippen molar-refractivity contribution in [1.82, 2.24) is 9.55 Å². The fraction of sp³-hybridized carbons (Fsp3) is 0.0588.